The summed E-state index contributed by atoms with van der Waals surface area (Å²) in [5, 5.41) is 19.6. The van der Waals surface area contributed by atoms with Gasteiger partial charge in [-0.2, -0.15) is 10.5 Å². The van der Waals surface area contributed by atoms with Crippen molar-refractivity contribution in [2.24, 2.45) is 0 Å². The zero-order valence-corrected chi connectivity index (χ0v) is 25.9. The van der Waals surface area contributed by atoms with Crippen molar-refractivity contribution in [1.29, 1.82) is 10.5 Å². The summed E-state index contributed by atoms with van der Waals surface area (Å²) in [6.45, 7) is 7.07. The minimum absolute atomic E-state index is 0.0121. The summed E-state index contributed by atoms with van der Waals surface area (Å²) < 4.78 is 17.4. The molecule has 0 aliphatic carbocycles. The third-order valence-corrected chi connectivity index (χ3v) is 7.42. The number of rotatable bonds is 18. The topological polar surface area (TPSA) is 92.3 Å². The molecule has 0 bridgehead atoms. The number of carbonyl (C=O) groups is 1. The minimum Gasteiger partial charge on any atom is -0.494 e. The van der Waals surface area contributed by atoms with Crippen LogP contribution in [0.4, 0.5) is 0 Å². The fourth-order valence-electron chi connectivity index (χ4n) is 4.88. The van der Waals surface area contributed by atoms with Crippen LogP contribution in [-0.4, -0.2) is 18.7 Å². The van der Waals surface area contributed by atoms with E-state index in [-0.39, 0.29) is 23.0 Å². The van der Waals surface area contributed by atoms with E-state index in [1.807, 2.05) is 49.4 Å². The SMILES string of the molecule is CCCCCCCCOc1ccc(-c2ccc(C(=O)Oc3ccc(O[C@H](C)CCCCCC)c(C#N)c3C#N)cc2)cc1. The van der Waals surface area contributed by atoms with Gasteiger partial charge in [0, 0.05) is 0 Å². The second kappa shape index (κ2) is 18.3. The van der Waals surface area contributed by atoms with Crippen LogP contribution in [0.1, 0.15) is 113 Å². The molecule has 0 fully saturated rings. The highest BCUT2D eigenvalue weighted by atomic mass is 16.5. The molecule has 3 rings (SSSR count). The van der Waals surface area contributed by atoms with Crippen molar-refractivity contribution in [2.75, 3.05) is 6.61 Å². The molecule has 0 radical (unpaired) electrons. The van der Waals surface area contributed by atoms with Crippen molar-refractivity contribution in [2.45, 2.75) is 97.5 Å². The van der Waals surface area contributed by atoms with Gasteiger partial charge in [-0.3, -0.25) is 0 Å². The Labute approximate surface area is 257 Å². The van der Waals surface area contributed by atoms with Crippen LogP contribution in [-0.2, 0) is 0 Å². The molecule has 3 aromatic carbocycles. The summed E-state index contributed by atoms with van der Waals surface area (Å²) in [6, 6.07) is 22.2. The van der Waals surface area contributed by atoms with Gasteiger partial charge in [-0.25, -0.2) is 4.79 Å². The van der Waals surface area contributed by atoms with E-state index in [9.17, 15) is 15.3 Å². The van der Waals surface area contributed by atoms with E-state index in [1.165, 1.54) is 44.6 Å². The summed E-state index contributed by atoms with van der Waals surface area (Å²) in [5.74, 6) is 0.598. The summed E-state index contributed by atoms with van der Waals surface area (Å²) in [7, 11) is 0. The van der Waals surface area contributed by atoms with E-state index in [0.717, 1.165) is 55.6 Å². The van der Waals surface area contributed by atoms with Gasteiger partial charge in [0.25, 0.3) is 0 Å². The molecule has 43 heavy (non-hydrogen) atoms. The number of hydrogen-bond donors (Lipinski definition) is 0. The number of unbranched alkanes of at least 4 members (excludes halogenated alkanes) is 8. The van der Waals surface area contributed by atoms with Crippen LogP contribution in [0.25, 0.3) is 11.1 Å². The first-order valence-electron chi connectivity index (χ1n) is 15.7. The largest absolute Gasteiger partial charge is 0.494 e. The van der Waals surface area contributed by atoms with Gasteiger partial charge >= 0.3 is 5.97 Å². The first kappa shape index (κ1) is 33.2. The van der Waals surface area contributed by atoms with Gasteiger partial charge in [0.15, 0.2) is 5.75 Å². The molecule has 0 amide bonds. The Hall–Kier alpha value is -4.29. The molecule has 0 unspecified atom stereocenters. The van der Waals surface area contributed by atoms with E-state index in [0.29, 0.717) is 11.3 Å². The van der Waals surface area contributed by atoms with Crippen LogP contribution in [0.3, 0.4) is 0 Å². The molecule has 3 aromatic rings. The molecule has 6 nitrogen and oxygen atoms in total. The summed E-state index contributed by atoms with van der Waals surface area (Å²) >= 11 is 0. The van der Waals surface area contributed by atoms with E-state index in [4.69, 9.17) is 14.2 Å². The van der Waals surface area contributed by atoms with E-state index in [2.05, 4.69) is 19.9 Å². The number of nitriles is 2. The summed E-state index contributed by atoms with van der Waals surface area (Å²) in [6.07, 6.45) is 12.6. The maximum absolute atomic E-state index is 12.9. The summed E-state index contributed by atoms with van der Waals surface area (Å²) in [4.78, 5) is 12.9. The molecule has 0 N–H and O–H groups in total. The molecule has 0 saturated heterocycles. The molecule has 226 valence electrons. The van der Waals surface area contributed by atoms with Crippen LogP contribution in [0, 0.1) is 22.7 Å². The van der Waals surface area contributed by atoms with Crippen molar-refractivity contribution in [3.63, 3.8) is 0 Å². The van der Waals surface area contributed by atoms with Crippen molar-refractivity contribution in [3.05, 3.63) is 77.4 Å². The van der Waals surface area contributed by atoms with E-state index < -0.39 is 5.97 Å². The van der Waals surface area contributed by atoms with Crippen molar-refractivity contribution < 1.29 is 19.0 Å². The summed E-state index contributed by atoms with van der Waals surface area (Å²) in [5.41, 5.74) is 2.36. The lowest BCUT2D eigenvalue weighted by atomic mass is 10.0. The quantitative estimate of drug-likeness (QED) is 0.0844. The van der Waals surface area contributed by atoms with Crippen LogP contribution in [0.15, 0.2) is 60.7 Å². The predicted molar refractivity (Wildman–Crippen MR) is 170 cm³/mol. The fourth-order valence-corrected chi connectivity index (χ4v) is 4.88. The second-order valence-corrected chi connectivity index (χ2v) is 10.9. The van der Waals surface area contributed by atoms with Gasteiger partial charge in [0.1, 0.15) is 34.8 Å². The van der Waals surface area contributed by atoms with Crippen LogP contribution in [0.5, 0.6) is 17.2 Å². The standard InChI is InChI=1S/C37H44N2O4/c1-4-6-8-10-11-13-25-41-32-21-19-30(20-22-32)29-15-17-31(18-16-29)37(40)43-36-24-23-35(33(26-38)34(36)27-39)42-28(3)14-12-9-7-5-2/h15-24,28H,4-14,25H2,1-3H3/t28-/m1/s1. The average Bonchev–Trinajstić information content (AvgIpc) is 3.03. The van der Waals surface area contributed by atoms with Crippen molar-refractivity contribution >= 4 is 5.97 Å². The van der Waals surface area contributed by atoms with Gasteiger partial charge in [-0.1, -0.05) is 89.5 Å². The third-order valence-electron chi connectivity index (χ3n) is 7.42. The minimum atomic E-state index is -0.608. The highest BCUT2D eigenvalue weighted by Crippen LogP contribution is 2.31. The Morgan fingerprint density at radius 2 is 1.23 bits per heavy atom. The van der Waals surface area contributed by atoms with Gasteiger partial charge < -0.3 is 14.2 Å². The number of benzene rings is 3. The molecule has 0 spiro atoms. The number of esters is 1. The zero-order chi connectivity index (χ0) is 30.9. The lowest BCUT2D eigenvalue weighted by Crippen LogP contribution is -2.14. The second-order valence-electron chi connectivity index (χ2n) is 10.9. The van der Waals surface area contributed by atoms with Crippen molar-refractivity contribution in [1.82, 2.24) is 0 Å². The molecular formula is C37H44N2O4. The van der Waals surface area contributed by atoms with E-state index >= 15 is 0 Å². The molecule has 0 aromatic heterocycles. The molecule has 0 saturated carbocycles. The molecule has 0 aliphatic rings. The number of nitrogens with zero attached hydrogens (tertiary/aromatic N) is 2. The van der Waals surface area contributed by atoms with Crippen LogP contribution < -0.4 is 14.2 Å². The normalized spacial score (nSPS) is 11.3. The average molecular weight is 581 g/mol. The Morgan fingerprint density at radius 1 is 0.698 bits per heavy atom. The van der Waals surface area contributed by atoms with Gasteiger partial charge in [0.05, 0.1) is 18.3 Å². The molecule has 0 heterocycles. The maximum Gasteiger partial charge on any atom is 0.343 e. The highest BCUT2D eigenvalue weighted by molar-refractivity contribution is 5.92. The highest BCUT2D eigenvalue weighted by Gasteiger charge is 2.20. The Morgan fingerprint density at radius 3 is 1.86 bits per heavy atom. The lowest BCUT2D eigenvalue weighted by Gasteiger charge is -2.17. The smallest absolute Gasteiger partial charge is 0.343 e. The Balaban J connectivity index is 1.58. The van der Waals surface area contributed by atoms with Gasteiger partial charge in [-0.15, -0.1) is 0 Å². The number of hydrogen-bond acceptors (Lipinski definition) is 6. The zero-order valence-electron chi connectivity index (χ0n) is 25.9. The van der Waals surface area contributed by atoms with E-state index in [1.54, 1.807) is 18.2 Å². The third kappa shape index (κ3) is 10.5. The maximum atomic E-state index is 12.9. The monoisotopic (exact) mass is 580 g/mol. The Kier molecular flexibility index (Phi) is 14.1. The molecule has 0 aliphatic heterocycles. The molecular weight excluding hydrogens is 536 g/mol. The van der Waals surface area contributed by atoms with Crippen LogP contribution >= 0.6 is 0 Å². The number of carbonyl (C=O) groups excluding carboxylic acids is 1. The predicted octanol–water partition coefficient (Wildman–Crippen LogP) is 9.79. The fraction of sp³-hybridized carbons (Fsp3) is 0.432. The van der Waals surface area contributed by atoms with Gasteiger partial charge in [-0.05, 0) is 73.7 Å². The lowest BCUT2D eigenvalue weighted by molar-refractivity contribution is 0.0734. The number of ether oxygens (including phenoxy) is 3. The Bertz CT molecular complexity index is 1370. The molecule has 1 atom stereocenters. The van der Waals surface area contributed by atoms with Crippen molar-refractivity contribution in [3.8, 4) is 40.5 Å². The van der Waals surface area contributed by atoms with Gasteiger partial charge in [0.2, 0.25) is 0 Å². The molecule has 6 heteroatoms. The van der Waals surface area contributed by atoms with Crippen LogP contribution in [0.2, 0.25) is 0 Å². The first-order chi connectivity index (χ1) is 21.0. The first-order valence-corrected chi connectivity index (χ1v) is 15.7.